The van der Waals surface area contributed by atoms with Crippen molar-refractivity contribution in [2.75, 3.05) is 20.6 Å². The number of rotatable bonds is 7. The molecule has 1 amide bonds. The molecule has 0 aliphatic heterocycles. The van der Waals surface area contributed by atoms with Crippen LogP contribution in [0.2, 0.25) is 5.02 Å². The molecule has 2 aromatic carbocycles. The molecule has 1 unspecified atom stereocenters. The minimum atomic E-state index is -0.308. The maximum absolute atomic E-state index is 13.5. The van der Waals surface area contributed by atoms with E-state index in [-0.39, 0.29) is 24.3 Å². The van der Waals surface area contributed by atoms with E-state index in [0.29, 0.717) is 17.4 Å². The third kappa shape index (κ3) is 5.11. The molecule has 1 N–H and O–H groups in total. The van der Waals surface area contributed by atoms with Crippen molar-refractivity contribution in [1.82, 2.24) is 30.4 Å². The highest BCUT2D eigenvalue weighted by Gasteiger charge is 2.16. The Labute approximate surface area is 167 Å². The van der Waals surface area contributed by atoms with Crippen molar-refractivity contribution in [3.8, 4) is 11.4 Å². The largest absolute Gasteiger partial charge is 0.353 e. The first-order valence-corrected chi connectivity index (χ1v) is 9.02. The van der Waals surface area contributed by atoms with Crippen molar-refractivity contribution in [2.45, 2.75) is 12.6 Å². The normalized spacial score (nSPS) is 12.2. The fourth-order valence-electron chi connectivity index (χ4n) is 2.73. The van der Waals surface area contributed by atoms with Gasteiger partial charge in [0.05, 0.1) is 6.04 Å². The number of carbonyl (C=O) groups excluding carboxylic acids is 1. The summed E-state index contributed by atoms with van der Waals surface area (Å²) in [7, 11) is 3.75. The number of halogens is 2. The Morgan fingerprint density at radius 3 is 2.68 bits per heavy atom. The summed E-state index contributed by atoms with van der Waals surface area (Å²) < 4.78 is 13.5. The highest BCUT2D eigenvalue weighted by molar-refractivity contribution is 6.30. The van der Waals surface area contributed by atoms with Gasteiger partial charge in [0.2, 0.25) is 11.7 Å². The van der Waals surface area contributed by atoms with Gasteiger partial charge in [0.1, 0.15) is 12.4 Å². The van der Waals surface area contributed by atoms with Crippen molar-refractivity contribution in [3.05, 3.63) is 64.9 Å². The molecule has 1 aromatic heterocycles. The van der Waals surface area contributed by atoms with Crippen molar-refractivity contribution >= 4 is 17.5 Å². The molecule has 0 saturated carbocycles. The van der Waals surface area contributed by atoms with E-state index in [1.54, 1.807) is 30.3 Å². The molecule has 0 spiro atoms. The number of likely N-dealkylation sites (N-methyl/N-ethyl adjacent to an activating group) is 1. The lowest BCUT2D eigenvalue weighted by atomic mass is 10.1. The Bertz CT molecular complexity index is 944. The first kappa shape index (κ1) is 19.9. The topological polar surface area (TPSA) is 75.9 Å². The van der Waals surface area contributed by atoms with Crippen LogP contribution in [0.4, 0.5) is 4.39 Å². The van der Waals surface area contributed by atoms with Crippen LogP contribution in [0.25, 0.3) is 11.4 Å². The molecule has 0 radical (unpaired) electrons. The number of nitrogens with zero attached hydrogens (tertiary/aromatic N) is 5. The number of aromatic nitrogens is 4. The van der Waals surface area contributed by atoms with E-state index in [9.17, 15) is 9.18 Å². The summed E-state index contributed by atoms with van der Waals surface area (Å²) in [5.41, 5.74) is 1.55. The molecular weight excluding hydrogens is 383 g/mol. The molecule has 146 valence electrons. The Morgan fingerprint density at radius 1 is 1.25 bits per heavy atom. The van der Waals surface area contributed by atoms with E-state index >= 15 is 0 Å². The van der Waals surface area contributed by atoms with Gasteiger partial charge in [-0.25, -0.2) is 4.39 Å². The second kappa shape index (κ2) is 8.90. The third-order valence-electron chi connectivity index (χ3n) is 4.19. The van der Waals surface area contributed by atoms with E-state index in [0.717, 1.165) is 11.1 Å². The van der Waals surface area contributed by atoms with E-state index in [1.165, 1.54) is 16.9 Å². The second-order valence-electron chi connectivity index (χ2n) is 6.49. The molecule has 1 atom stereocenters. The number of hydrogen-bond acceptors (Lipinski definition) is 5. The Morgan fingerprint density at radius 2 is 2.00 bits per heavy atom. The lowest BCUT2D eigenvalue weighted by Crippen LogP contribution is -2.36. The lowest BCUT2D eigenvalue weighted by molar-refractivity contribution is -0.122. The zero-order valence-corrected chi connectivity index (χ0v) is 16.3. The molecule has 0 bridgehead atoms. The van der Waals surface area contributed by atoms with Gasteiger partial charge in [0.25, 0.3) is 0 Å². The molecule has 0 fully saturated rings. The first-order valence-electron chi connectivity index (χ1n) is 8.64. The average Bonchev–Trinajstić information content (AvgIpc) is 3.10. The van der Waals surface area contributed by atoms with Crippen LogP contribution in [0.5, 0.6) is 0 Å². The first-order chi connectivity index (χ1) is 13.4. The fraction of sp³-hybridized carbons (Fsp3) is 0.263. The van der Waals surface area contributed by atoms with Gasteiger partial charge in [0, 0.05) is 17.1 Å². The highest BCUT2D eigenvalue weighted by atomic mass is 35.5. The van der Waals surface area contributed by atoms with E-state index in [1.807, 2.05) is 25.1 Å². The van der Waals surface area contributed by atoms with Crippen LogP contribution in [-0.4, -0.2) is 51.7 Å². The summed E-state index contributed by atoms with van der Waals surface area (Å²) in [5, 5.41) is 15.5. The molecule has 3 aromatic rings. The quantitative estimate of drug-likeness (QED) is 0.657. The molecular formula is C19H20ClFN6O. The van der Waals surface area contributed by atoms with Crippen LogP contribution >= 0.6 is 11.6 Å². The number of nitrogens with one attached hydrogen (secondary N) is 1. The zero-order chi connectivity index (χ0) is 20.1. The van der Waals surface area contributed by atoms with Crippen molar-refractivity contribution in [3.63, 3.8) is 0 Å². The van der Waals surface area contributed by atoms with Crippen LogP contribution < -0.4 is 5.32 Å². The van der Waals surface area contributed by atoms with E-state index in [2.05, 4.69) is 20.7 Å². The van der Waals surface area contributed by atoms with Crippen LogP contribution in [0.3, 0.4) is 0 Å². The summed E-state index contributed by atoms with van der Waals surface area (Å²) in [6.07, 6.45) is 0. The maximum atomic E-state index is 13.5. The van der Waals surface area contributed by atoms with Gasteiger partial charge in [-0.2, -0.15) is 4.80 Å². The second-order valence-corrected chi connectivity index (χ2v) is 6.93. The minimum Gasteiger partial charge on any atom is -0.353 e. The standard InChI is InChI=1S/C19H20ClFN6O/c1-26(2)17(14-4-3-5-16(21)10-14)11-22-18(28)12-27-24-19(23-25-27)13-6-8-15(20)9-7-13/h3-10,17H,11-12H2,1-2H3,(H,22,28). The average molecular weight is 403 g/mol. The molecule has 28 heavy (non-hydrogen) atoms. The van der Waals surface area contributed by atoms with Crippen molar-refractivity contribution in [2.24, 2.45) is 0 Å². The molecule has 0 aliphatic rings. The third-order valence-corrected chi connectivity index (χ3v) is 4.44. The van der Waals surface area contributed by atoms with Gasteiger partial charge in [-0.3, -0.25) is 4.79 Å². The van der Waals surface area contributed by atoms with Crippen LogP contribution in [0, 0.1) is 5.82 Å². The fourth-order valence-corrected chi connectivity index (χ4v) is 2.86. The summed E-state index contributed by atoms with van der Waals surface area (Å²) in [5.74, 6) is -0.157. The highest BCUT2D eigenvalue weighted by Crippen LogP contribution is 2.18. The van der Waals surface area contributed by atoms with Crippen LogP contribution in [-0.2, 0) is 11.3 Å². The van der Waals surface area contributed by atoms with Gasteiger partial charge in [-0.15, -0.1) is 10.2 Å². The lowest BCUT2D eigenvalue weighted by Gasteiger charge is -2.25. The van der Waals surface area contributed by atoms with Crippen molar-refractivity contribution in [1.29, 1.82) is 0 Å². The minimum absolute atomic E-state index is 0.0656. The molecule has 7 nitrogen and oxygen atoms in total. The monoisotopic (exact) mass is 402 g/mol. The van der Waals surface area contributed by atoms with Gasteiger partial charge in [-0.1, -0.05) is 23.7 Å². The number of tetrazole rings is 1. The predicted molar refractivity (Wildman–Crippen MR) is 104 cm³/mol. The number of benzene rings is 2. The van der Waals surface area contributed by atoms with Crippen LogP contribution in [0.1, 0.15) is 11.6 Å². The molecule has 9 heteroatoms. The summed E-state index contributed by atoms with van der Waals surface area (Å²) in [6, 6.07) is 13.2. The van der Waals surface area contributed by atoms with Crippen molar-refractivity contribution < 1.29 is 9.18 Å². The van der Waals surface area contributed by atoms with Gasteiger partial charge >= 0.3 is 0 Å². The Balaban J connectivity index is 1.60. The zero-order valence-electron chi connectivity index (χ0n) is 15.5. The number of amides is 1. The molecule has 0 saturated heterocycles. The molecule has 0 aliphatic carbocycles. The summed E-state index contributed by atoms with van der Waals surface area (Å²) in [4.78, 5) is 15.4. The SMILES string of the molecule is CN(C)C(CNC(=O)Cn1nnc(-c2ccc(Cl)cc2)n1)c1cccc(F)c1. The van der Waals surface area contributed by atoms with Crippen LogP contribution in [0.15, 0.2) is 48.5 Å². The Hall–Kier alpha value is -2.84. The van der Waals surface area contributed by atoms with Gasteiger partial charge < -0.3 is 10.2 Å². The summed E-state index contributed by atoms with van der Waals surface area (Å²) in [6.45, 7) is 0.262. The van der Waals surface area contributed by atoms with E-state index in [4.69, 9.17) is 11.6 Å². The molecule has 3 rings (SSSR count). The summed E-state index contributed by atoms with van der Waals surface area (Å²) >= 11 is 5.87. The molecule has 1 heterocycles. The Kier molecular flexibility index (Phi) is 6.33. The maximum Gasteiger partial charge on any atom is 0.243 e. The number of carbonyl (C=O) groups is 1. The van der Waals surface area contributed by atoms with Gasteiger partial charge in [-0.05, 0) is 61.3 Å². The van der Waals surface area contributed by atoms with E-state index < -0.39 is 0 Å². The van der Waals surface area contributed by atoms with Gasteiger partial charge in [0.15, 0.2) is 0 Å². The smallest absolute Gasteiger partial charge is 0.243 e. The number of hydrogen-bond donors (Lipinski definition) is 1. The predicted octanol–water partition coefficient (Wildman–Crippen LogP) is 2.55.